The van der Waals surface area contributed by atoms with Crippen molar-refractivity contribution < 1.29 is 17.9 Å². The van der Waals surface area contributed by atoms with E-state index in [0.29, 0.717) is 18.8 Å². The van der Waals surface area contributed by atoms with Crippen LogP contribution in [0.5, 0.6) is 0 Å². The Labute approximate surface area is 104 Å². The second-order valence-electron chi connectivity index (χ2n) is 3.96. The van der Waals surface area contributed by atoms with Gasteiger partial charge in [-0.2, -0.15) is 13.2 Å². The van der Waals surface area contributed by atoms with E-state index in [4.69, 9.17) is 10.5 Å². The average Bonchev–Trinajstić information content (AvgIpc) is 2.34. The summed E-state index contributed by atoms with van der Waals surface area (Å²) in [6.45, 7) is 0.850. The number of likely N-dealkylation sites (N-methyl/N-ethyl adjacent to an activating group) is 1. The molecule has 6 heteroatoms. The summed E-state index contributed by atoms with van der Waals surface area (Å²) in [6.07, 6.45) is -4.38. The Morgan fingerprint density at radius 2 is 2.00 bits per heavy atom. The lowest BCUT2D eigenvalue weighted by atomic mass is 10.1. The minimum absolute atomic E-state index is 0.103. The number of nitrogens with zero attached hydrogens (tertiary/aromatic N) is 1. The van der Waals surface area contributed by atoms with Crippen LogP contribution in [0.25, 0.3) is 0 Å². The van der Waals surface area contributed by atoms with Crippen molar-refractivity contribution in [1.82, 2.24) is 0 Å². The van der Waals surface area contributed by atoms with Crippen LogP contribution in [-0.2, 0) is 17.5 Å². The summed E-state index contributed by atoms with van der Waals surface area (Å²) in [4.78, 5) is 1.71. The van der Waals surface area contributed by atoms with Gasteiger partial charge in [-0.15, -0.1) is 0 Å². The molecule has 2 N–H and O–H groups in total. The first-order chi connectivity index (χ1) is 8.40. The lowest BCUT2D eigenvalue weighted by Gasteiger charge is -2.21. The summed E-state index contributed by atoms with van der Waals surface area (Å²) < 4.78 is 43.4. The molecule has 0 unspecified atom stereocenters. The minimum atomic E-state index is -4.38. The second kappa shape index (κ2) is 6.06. The van der Waals surface area contributed by atoms with Gasteiger partial charge in [-0.3, -0.25) is 0 Å². The Hall–Kier alpha value is -1.27. The zero-order chi connectivity index (χ0) is 13.8. The summed E-state index contributed by atoms with van der Waals surface area (Å²) in [7, 11) is 3.27. The zero-order valence-electron chi connectivity index (χ0n) is 10.4. The number of anilines is 1. The van der Waals surface area contributed by atoms with Crippen LogP contribution >= 0.6 is 0 Å². The Balaban J connectivity index is 3.03. The standard InChI is InChI=1S/C12H17F3N2O/c1-17(5-6-18-2)10-4-3-9(8-16)11(7-10)12(13,14)15/h3-4,7H,5-6,8,16H2,1-2H3. The number of methoxy groups -OCH3 is 1. The Bertz CT molecular complexity index is 393. The van der Waals surface area contributed by atoms with Gasteiger partial charge < -0.3 is 15.4 Å². The maximum atomic E-state index is 12.8. The van der Waals surface area contributed by atoms with E-state index in [1.165, 1.54) is 6.07 Å². The van der Waals surface area contributed by atoms with Gasteiger partial charge in [-0.1, -0.05) is 6.07 Å². The largest absolute Gasteiger partial charge is 0.416 e. The molecule has 0 amide bonds. The molecule has 1 rings (SSSR count). The molecule has 0 bridgehead atoms. The normalized spacial score (nSPS) is 11.7. The van der Waals surface area contributed by atoms with Crippen molar-refractivity contribution in [3.8, 4) is 0 Å². The number of halogens is 3. The molecular weight excluding hydrogens is 245 g/mol. The van der Waals surface area contributed by atoms with Crippen LogP contribution in [0.15, 0.2) is 18.2 Å². The molecule has 18 heavy (non-hydrogen) atoms. The molecule has 0 aliphatic heterocycles. The molecule has 0 radical (unpaired) electrons. The molecular formula is C12H17F3N2O. The summed E-state index contributed by atoms with van der Waals surface area (Å²) in [5, 5.41) is 0. The molecule has 0 heterocycles. The van der Waals surface area contributed by atoms with E-state index in [0.717, 1.165) is 6.07 Å². The quantitative estimate of drug-likeness (QED) is 0.884. The van der Waals surface area contributed by atoms with Gasteiger partial charge in [0.1, 0.15) is 0 Å². The van der Waals surface area contributed by atoms with Gasteiger partial charge in [0.15, 0.2) is 0 Å². The third-order valence-corrected chi connectivity index (χ3v) is 2.69. The maximum Gasteiger partial charge on any atom is 0.416 e. The average molecular weight is 262 g/mol. The highest BCUT2D eigenvalue weighted by Crippen LogP contribution is 2.34. The van der Waals surface area contributed by atoms with E-state index in [2.05, 4.69) is 0 Å². The molecule has 1 aromatic carbocycles. The number of hydrogen-bond donors (Lipinski definition) is 1. The van der Waals surface area contributed by atoms with Crippen LogP contribution in [0.2, 0.25) is 0 Å². The first-order valence-electron chi connectivity index (χ1n) is 5.50. The number of rotatable bonds is 5. The molecule has 102 valence electrons. The highest BCUT2D eigenvalue weighted by atomic mass is 19.4. The number of nitrogens with two attached hydrogens (primary N) is 1. The number of alkyl halides is 3. The van der Waals surface area contributed by atoms with Crippen LogP contribution in [-0.4, -0.2) is 27.3 Å². The van der Waals surface area contributed by atoms with E-state index in [-0.39, 0.29) is 12.1 Å². The number of ether oxygens (including phenoxy) is 1. The summed E-state index contributed by atoms with van der Waals surface area (Å²) in [6, 6.07) is 4.17. The van der Waals surface area contributed by atoms with E-state index in [9.17, 15) is 13.2 Å². The van der Waals surface area contributed by atoms with Crippen LogP contribution in [0.4, 0.5) is 18.9 Å². The molecule has 1 aromatic rings. The van der Waals surface area contributed by atoms with Gasteiger partial charge in [0.2, 0.25) is 0 Å². The molecule has 0 aliphatic rings. The van der Waals surface area contributed by atoms with Crippen molar-refractivity contribution in [3.63, 3.8) is 0 Å². The van der Waals surface area contributed by atoms with Crippen molar-refractivity contribution in [2.75, 3.05) is 32.2 Å². The fourth-order valence-corrected chi connectivity index (χ4v) is 1.60. The molecule has 0 aromatic heterocycles. The minimum Gasteiger partial charge on any atom is -0.383 e. The van der Waals surface area contributed by atoms with Crippen molar-refractivity contribution in [3.05, 3.63) is 29.3 Å². The van der Waals surface area contributed by atoms with Crippen LogP contribution in [0.3, 0.4) is 0 Å². The highest BCUT2D eigenvalue weighted by molar-refractivity contribution is 5.51. The Morgan fingerprint density at radius 1 is 1.33 bits per heavy atom. The molecule has 0 saturated heterocycles. The monoisotopic (exact) mass is 262 g/mol. The van der Waals surface area contributed by atoms with Crippen molar-refractivity contribution in [1.29, 1.82) is 0 Å². The number of hydrogen-bond acceptors (Lipinski definition) is 3. The SMILES string of the molecule is COCCN(C)c1ccc(CN)c(C(F)(F)F)c1. The molecule has 0 aliphatic carbocycles. The smallest absolute Gasteiger partial charge is 0.383 e. The fraction of sp³-hybridized carbons (Fsp3) is 0.500. The van der Waals surface area contributed by atoms with Gasteiger partial charge in [-0.05, 0) is 17.7 Å². The summed E-state index contributed by atoms with van der Waals surface area (Å²) >= 11 is 0. The van der Waals surface area contributed by atoms with Crippen molar-refractivity contribution >= 4 is 5.69 Å². The van der Waals surface area contributed by atoms with Crippen molar-refractivity contribution in [2.24, 2.45) is 5.73 Å². The van der Waals surface area contributed by atoms with Crippen LogP contribution < -0.4 is 10.6 Å². The van der Waals surface area contributed by atoms with Gasteiger partial charge in [0.05, 0.1) is 12.2 Å². The van der Waals surface area contributed by atoms with E-state index in [1.54, 1.807) is 25.1 Å². The topological polar surface area (TPSA) is 38.5 Å². The molecule has 0 spiro atoms. The van der Waals surface area contributed by atoms with Gasteiger partial charge in [0, 0.05) is 32.9 Å². The maximum absolute atomic E-state index is 12.8. The van der Waals surface area contributed by atoms with E-state index < -0.39 is 11.7 Å². The van der Waals surface area contributed by atoms with E-state index in [1.807, 2.05) is 0 Å². The molecule has 0 saturated carbocycles. The third-order valence-electron chi connectivity index (χ3n) is 2.69. The predicted octanol–water partition coefficient (Wildman–Crippen LogP) is 2.25. The summed E-state index contributed by atoms with van der Waals surface area (Å²) in [5.41, 5.74) is 5.25. The lowest BCUT2D eigenvalue weighted by molar-refractivity contribution is -0.138. The molecule has 0 fully saturated rings. The molecule has 0 atom stereocenters. The van der Waals surface area contributed by atoms with Crippen LogP contribution in [0.1, 0.15) is 11.1 Å². The Kier molecular flexibility index (Phi) is 4.98. The lowest BCUT2D eigenvalue weighted by Crippen LogP contribution is -2.23. The molecule has 3 nitrogen and oxygen atoms in total. The first-order valence-corrected chi connectivity index (χ1v) is 5.50. The van der Waals surface area contributed by atoms with Gasteiger partial charge in [0.25, 0.3) is 0 Å². The second-order valence-corrected chi connectivity index (χ2v) is 3.96. The Morgan fingerprint density at radius 3 is 2.50 bits per heavy atom. The fourth-order valence-electron chi connectivity index (χ4n) is 1.60. The van der Waals surface area contributed by atoms with Crippen molar-refractivity contribution in [2.45, 2.75) is 12.7 Å². The first kappa shape index (κ1) is 14.8. The summed E-state index contributed by atoms with van der Waals surface area (Å²) in [5.74, 6) is 0. The third kappa shape index (κ3) is 3.61. The van der Waals surface area contributed by atoms with Crippen LogP contribution in [0, 0.1) is 0 Å². The zero-order valence-corrected chi connectivity index (χ0v) is 10.4. The van der Waals surface area contributed by atoms with Gasteiger partial charge in [-0.25, -0.2) is 0 Å². The van der Waals surface area contributed by atoms with Gasteiger partial charge >= 0.3 is 6.18 Å². The predicted molar refractivity (Wildman–Crippen MR) is 64.5 cm³/mol. The number of benzene rings is 1. The highest BCUT2D eigenvalue weighted by Gasteiger charge is 2.33. The van der Waals surface area contributed by atoms with E-state index >= 15 is 0 Å².